The SMILES string of the molecule is CC(C)(SN=O)[C@H](NN)C(=O)O. The molecule has 7 heteroatoms. The lowest BCUT2D eigenvalue weighted by Crippen LogP contribution is -2.52. The van der Waals surface area contributed by atoms with Crippen molar-refractivity contribution in [2.24, 2.45) is 10.4 Å². The highest BCUT2D eigenvalue weighted by molar-refractivity contribution is 7.99. The van der Waals surface area contributed by atoms with Crippen LogP contribution in [0.15, 0.2) is 4.58 Å². The summed E-state index contributed by atoms with van der Waals surface area (Å²) in [6.45, 7) is 3.13. The Morgan fingerprint density at radius 1 is 1.75 bits per heavy atom. The lowest BCUT2D eigenvalue weighted by atomic mass is 10.0. The van der Waals surface area contributed by atoms with Crippen LogP contribution in [0.1, 0.15) is 13.8 Å². The van der Waals surface area contributed by atoms with E-state index in [1.54, 1.807) is 13.8 Å². The highest BCUT2D eigenvalue weighted by Gasteiger charge is 2.36. The Morgan fingerprint density at radius 3 is 2.50 bits per heavy atom. The zero-order valence-electron chi connectivity index (χ0n) is 6.77. The highest BCUT2D eigenvalue weighted by Crippen LogP contribution is 2.28. The van der Waals surface area contributed by atoms with Crippen LogP contribution in [-0.2, 0) is 4.79 Å². The molecule has 0 saturated heterocycles. The number of carboxylic acids is 1. The summed E-state index contributed by atoms with van der Waals surface area (Å²) >= 11 is 0.641. The van der Waals surface area contributed by atoms with Crippen LogP contribution in [0.25, 0.3) is 0 Å². The van der Waals surface area contributed by atoms with Crippen molar-refractivity contribution in [2.45, 2.75) is 24.6 Å². The number of nitrogens with zero attached hydrogens (tertiary/aromatic N) is 1. The van der Waals surface area contributed by atoms with Crippen molar-refractivity contribution in [3.05, 3.63) is 4.91 Å². The number of nitrogens with one attached hydrogen (secondary N) is 1. The van der Waals surface area contributed by atoms with Gasteiger partial charge in [-0.3, -0.25) is 10.6 Å². The van der Waals surface area contributed by atoms with Gasteiger partial charge < -0.3 is 5.11 Å². The molecule has 0 aliphatic heterocycles. The number of hydrogen-bond donors (Lipinski definition) is 3. The van der Waals surface area contributed by atoms with E-state index in [0.29, 0.717) is 11.9 Å². The lowest BCUT2D eigenvalue weighted by molar-refractivity contribution is -0.140. The molecule has 0 heterocycles. The number of nitrogens with two attached hydrogens (primary N) is 1. The first-order valence-electron chi connectivity index (χ1n) is 3.15. The van der Waals surface area contributed by atoms with Crippen LogP contribution in [0.3, 0.4) is 0 Å². The summed E-state index contributed by atoms with van der Waals surface area (Å²) in [5.74, 6) is 3.89. The fraction of sp³-hybridized carbons (Fsp3) is 0.800. The lowest BCUT2D eigenvalue weighted by Gasteiger charge is -2.26. The van der Waals surface area contributed by atoms with Crippen molar-refractivity contribution in [3.8, 4) is 0 Å². The fourth-order valence-corrected chi connectivity index (χ4v) is 1.18. The van der Waals surface area contributed by atoms with Gasteiger partial charge in [0.25, 0.3) is 0 Å². The minimum atomic E-state index is -1.11. The van der Waals surface area contributed by atoms with Gasteiger partial charge in [-0.2, -0.15) is 0 Å². The molecule has 0 spiro atoms. The molecule has 0 rings (SSSR count). The molecule has 0 aromatic heterocycles. The van der Waals surface area contributed by atoms with Crippen molar-refractivity contribution in [3.63, 3.8) is 0 Å². The van der Waals surface area contributed by atoms with Crippen LogP contribution in [0.5, 0.6) is 0 Å². The second-order valence-electron chi connectivity index (χ2n) is 2.71. The number of carboxylic acid groups (broad SMARTS) is 1. The third-order valence-corrected chi connectivity index (χ3v) is 2.16. The second-order valence-corrected chi connectivity index (χ2v) is 4.09. The summed E-state index contributed by atoms with van der Waals surface area (Å²) in [6.07, 6.45) is 0. The Balaban J connectivity index is 4.46. The standard InChI is InChI=1S/C5H11N3O3S/c1-5(2,12-8-11)3(7-6)4(9)10/h3,7H,6H2,1-2H3,(H,9,10)/t3-/m1/s1. The van der Waals surface area contributed by atoms with Crippen molar-refractivity contribution < 1.29 is 9.90 Å². The molecule has 0 fully saturated rings. The molecule has 0 bridgehead atoms. The zero-order valence-corrected chi connectivity index (χ0v) is 7.59. The van der Waals surface area contributed by atoms with Crippen LogP contribution in [0.2, 0.25) is 0 Å². The first-order valence-corrected chi connectivity index (χ1v) is 3.93. The largest absolute Gasteiger partial charge is 0.480 e. The van der Waals surface area contributed by atoms with E-state index in [1.807, 2.05) is 0 Å². The Bertz CT molecular complexity index is 185. The van der Waals surface area contributed by atoms with Crippen LogP contribution < -0.4 is 11.3 Å². The van der Waals surface area contributed by atoms with Gasteiger partial charge in [0.1, 0.15) is 6.04 Å². The monoisotopic (exact) mass is 193 g/mol. The van der Waals surface area contributed by atoms with Crippen molar-refractivity contribution in [1.29, 1.82) is 0 Å². The maximum absolute atomic E-state index is 10.6. The van der Waals surface area contributed by atoms with E-state index in [2.05, 4.69) is 10.0 Å². The molecular formula is C5H11N3O3S. The van der Waals surface area contributed by atoms with Crippen LogP contribution >= 0.6 is 11.9 Å². The van der Waals surface area contributed by atoms with E-state index in [4.69, 9.17) is 10.9 Å². The fourth-order valence-electron chi connectivity index (χ4n) is 0.718. The highest BCUT2D eigenvalue weighted by atomic mass is 32.2. The molecular weight excluding hydrogens is 182 g/mol. The second kappa shape index (κ2) is 4.39. The van der Waals surface area contributed by atoms with Gasteiger partial charge in [0, 0.05) is 16.5 Å². The minimum absolute atomic E-state index is 0.641. The molecule has 0 saturated carbocycles. The number of rotatable bonds is 5. The molecule has 12 heavy (non-hydrogen) atoms. The van der Waals surface area contributed by atoms with Gasteiger partial charge in [0.2, 0.25) is 0 Å². The van der Waals surface area contributed by atoms with Crippen molar-refractivity contribution >= 4 is 17.9 Å². The molecule has 0 aliphatic rings. The van der Waals surface area contributed by atoms with E-state index in [1.165, 1.54) is 0 Å². The maximum Gasteiger partial charge on any atom is 0.323 e. The van der Waals surface area contributed by atoms with Gasteiger partial charge in [-0.25, -0.2) is 5.43 Å². The van der Waals surface area contributed by atoms with Crippen molar-refractivity contribution in [1.82, 2.24) is 5.43 Å². The van der Waals surface area contributed by atoms with Crippen molar-refractivity contribution in [2.75, 3.05) is 0 Å². The summed E-state index contributed by atoms with van der Waals surface area (Å²) in [7, 11) is 0. The summed E-state index contributed by atoms with van der Waals surface area (Å²) in [6, 6.07) is -1.000. The molecule has 0 radical (unpaired) electrons. The molecule has 0 amide bonds. The zero-order chi connectivity index (χ0) is 9.78. The average Bonchev–Trinajstić information content (AvgIpc) is 1.86. The van der Waals surface area contributed by atoms with E-state index < -0.39 is 16.8 Å². The van der Waals surface area contributed by atoms with E-state index in [9.17, 15) is 9.70 Å². The quantitative estimate of drug-likeness (QED) is 0.247. The molecule has 0 aromatic carbocycles. The van der Waals surface area contributed by atoms with Crippen LogP contribution in [0.4, 0.5) is 0 Å². The molecule has 4 N–H and O–H groups in total. The van der Waals surface area contributed by atoms with Crippen LogP contribution in [0, 0.1) is 4.91 Å². The summed E-state index contributed by atoms with van der Waals surface area (Å²) in [5, 5.41) is 8.64. The average molecular weight is 193 g/mol. The van der Waals surface area contributed by atoms with E-state index >= 15 is 0 Å². The Kier molecular flexibility index (Phi) is 4.15. The Hall–Kier alpha value is -0.660. The topological polar surface area (TPSA) is 105 Å². The van der Waals surface area contributed by atoms with Gasteiger partial charge in [-0.15, -0.1) is 4.91 Å². The molecule has 0 aliphatic carbocycles. The van der Waals surface area contributed by atoms with E-state index in [-0.39, 0.29) is 0 Å². The Labute approximate surface area is 74.0 Å². The Morgan fingerprint density at radius 2 is 2.25 bits per heavy atom. The summed E-state index contributed by atoms with van der Waals surface area (Å²) < 4.78 is 1.71. The first kappa shape index (κ1) is 11.3. The number of nitroso groups, excluding NO2 is 1. The van der Waals surface area contributed by atoms with Gasteiger partial charge in [-0.05, 0) is 13.8 Å². The normalized spacial score (nSPS) is 13.9. The maximum atomic E-state index is 10.6. The summed E-state index contributed by atoms with van der Waals surface area (Å²) in [5.41, 5.74) is 2.11. The number of hydrogen-bond acceptors (Lipinski definition) is 6. The smallest absolute Gasteiger partial charge is 0.323 e. The predicted octanol–water partition coefficient (Wildman–Crippen LogP) is 0.0961. The molecule has 0 aromatic rings. The van der Waals surface area contributed by atoms with Gasteiger partial charge in [0.05, 0.1) is 4.75 Å². The number of hydrazine groups is 1. The van der Waals surface area contributed by atoms with Crippen LogP contribution in [-0.4, -0.2) is 21.9 Å². The predicted molar refractivity (Wildman–Crippen MR) is 46.2 cm³/mol. The molecule has 1 atom stereocenters. The minimum Gasteiger partial charge on any atom is -0.480 e. The summed E-state index contributed by atoms with van der Waals surface area (Å²) in [4.78, 5) is 20.5. The van der Waals surface area contributed by atoms with Gasteiger partial charge >= 0.3 is 5.97 Å². The first-order chi connectivity index (χ1) is 5.45. The van der Waals surface area contributed by atoms with E-state index in [0.717, 1.165) is 0 Å². The van der Waals surface area contributed by atoms with Gasteiger partial charge in [-0.1, -0.05) is 0 Å². The third kappa shape index (κ3) is 2.76. The molecule has 0 unspecified atom stereocenters. The molecule has 70 valence electrons. The van der Waals surface area contributed by atoms with Gasteiger partial charge in [0.15, 0.2) is 0 Å². The third-order valence-electron chi connectivity index (χ3n) is 1.38. The molecule has 6 nitrogen and oxygen atoms in total. The number of aliphatic carboxylic acids is 1. The number of carbonyl (C=O) groups is 1.